The molecule has 5 rings (SSSR count). The van der Waals surface area contributed by atoms with Crippen molar-refractivity contribution in [2.24, 2.45) is 5.92 Å². The molecule has 172 valence electrons. The maximum Gasteiger partial charge on any atom is 0.258 e. The van der Waals surface area contributed by atoms with E-state index in [0.29, 0.717) is 23.4 Å². The Balaban J connectivity index is 1.49. The van der Waals surface area contributed by atoms with Gasteiger partial charge in [-0.1, -0.05) is 12.8 Å². The number of nitrogens with two attached hydrogens (primary N) is 2. The van der Waals surface area contributed by atoms with E-state index in [1.165, 1.54) is 29.5 Å². The van der Waals surface area contributed by atoms with Crippen molar-refractivity contribution in [3.63, 3.8) is 0 Å². The number of nitrogens with zero attached hydrogens (tertiary/aromatic N) is 4. The monoisotopic (exact) mass is 444 g/mol. The van der Waals surface area contributed by atoms with Crippen LogP contribution in [0.3, 0.4) is 0 Å². The molecular formula is C26H32N6O. The molecule has 0 amide bonds. The lowest BCUT2D eigenvalue weighted by Gasteiger charge is -2.27. The van der Waals surface area contributed by atoms with E-state index in [1.807, 2.05) is 12.1 Å². The number of aryl methyl sites for hydroxylation is 1. The summed E-state index contributed by atoms with van der Waals surface area (Å²) in [6, 6.07) is 8.29. The Kier molecular flexibility index (Phi) is 5.89. The summed E-state index contributed by atoms with van der Waals surface area (Å²) in [5, 5.41) is 0. The van der Waals surface area contributed by atoms with Gasteiger partial charge in [0, 0.05) is 30.8 Å². The summed E-state index contributed by atoms with van der Waals surface area (Å²) in [5.41, 5.74) is 19.2. The Morgan fingerprint density at radius 3 is 2.73 bits per heavy atom. The molecule has 0 radical (unpaired) electrons. The quantitative estimate of drug-likeness (QED) is 0.604. The van der Waals surface area contributed by atoms with Crippen LogP contribution in [0.15, 0.2) is 36.7 Å². The van der Waals surface area contributed by atoms with Crippen molar-refractivity contribution >= 4 is 11.6 Å². The predicted octanol–water partition coefficient (Wildman–Crippen LogP) is 4.31. The van der Waals surface area contributed by atoms with Gasteiger partial charge in [0.05, 0.1) is 11.9 Å². The maximum atomic E-state index is 6.50. The highest BCUT2D eigenvalue weighted by atomic mass is 16.5. The van der Waals surface area contributed by atoms with Gasteiger partial charge in [0.25, 0.3) is 5.88 Å². The number of fused-ring (bicyclic) bond motifs is 1. The normalized spacial score (nSPS) is 17.6. The molecule has 1 unspecified atom stereocenters. The summed E-state index contributed by atoms with van der Waals surface area (Å²) < 4.78 is 6.50. The molecule has 1 atom stereocenters. The Morgan fingerprint density at radius 2 is 1.94 bits per heavy atom. The lowest BCUT2D eigenvalue weighted by molar-refractivity contribution is 0.132. The van der Waals surface area contributed by atoms with Crippen LogP contribution in [0.25, 0.3) is 11.3 Å². The summed E-state index contributed by atoms with van der Waals surface area (Å²) in [4.78, 5) is 15.8. The number of benzene rings is 1. The highest BCUT2D eigenvalue weighted by Gasteiger charge is 2.30. The van der Waals surface area contributed by atoms with Crippen LogP contribution in [0.2, 0.25) is 0 Å². The molecule has 3 aromatic rings. The number of hydrogen-bond acceptors (Lipinski definition) is 7. The number of rotatable bonds is 5. The van der Waals surface area contributed by atoms with Crippen molar-refractivity contribution in [1.82, 2.24) is 19.9 Å². The van der Waals surface area contributed by atoms with E-state index in [0.717, 1.165) is 49.2 Å². The number of pyridine rings is 1. The molecule has 1 aromatic carbocycles. The first-order valence-corrected chi connectivity index (χ1v) is 11.8. The second-order valence-electron chi connectivity index (χ2n) is 9.46. The van der Waals surface area contributed by atoms with Gasteiger partial charge < -0.3 is 21.1 Å². The van der Waals surface area contributed by atoms with E-state index >= 15 is 0 Å². The summed E-state index contributed by atoms with van der Waals surface area (Å²) in [7, 11) is 2.16. The third-order valence-electron chi connectivity index (χ3n) is 7.01. The fourth-order valence-electron chi connectivity index (χ4n) is 5.28. The molecule has 0 saturated heterocycles. The minimum absolute atomic E-state index is 0.177. The van der Waals surface area contributed by atoms with Crippen molar-refractivity contribution in [3.05, 3.63) is 58.9 Å². The topological polar surface area (TPSA) is 103 Å². The van der Waals surface area contributed by atoms with Crippen LogP contribution in [-0.2, 0) is 13.0 Å². The van der Waals surface area contributed by atoms with Gasteiger partial charge in [-0.3, -0.25) is 0 Å². The Bertz CT molecular complexity index is 1160. The van der Waals surface area contributed by atoms with Crippen molar-refractivity contribution in [1.29, 1.82) is 0 Å². The molecule has 7 heteroatoms. The zero-order chi connectivity index (χ0) is 22.9. The average Bonchev–Trinajstić information content (AvgIpc) is 3.32. The number of hydrogen-bond donors (Lipinski definition) is 2. The number of aromatic nitrogens is 3. The Labute approximate surface area is 195 Å². The van der Waals surface area contributed by atoms with Crippen LogP contribution >= 0.6 is 0 Å². The minimum Gasteiger partial charge on any atom is -0.467 e. The fraction of sp³-hybridized carbons (Fsp3) is 0.423. The van der Waals surface area contributed by atoms with Gasteiger partial charge in [0.15, 0.2) is 5.82 Å². The molecule has 1 aliphatic carbocycles. The van der Waals surface area contributed by atoms with E-state index in [-0.39, 0.29) is 6.10 Å². The van der Waals surface area contributed by atoms with Gasteiger partial charge >= 0.3 is 0 Å². The number of nitrogen functional groups attached to an aromatic ring is 2. The average molecular weight is 445 g/mol. The molecule has 1 aliphatic heterocycles. The lowest BCUT2D eigenvalue weighted by Crippen LogP contribution is -2.27. The first-order valence-electron chi connectivity index (χ1n) is 11.8. The first-order chi connectivity index (χ1) is 16.0. The van der Waals surface area contributed by atoms with Crippen molar-refractivity contribution < 1.29 is 4.74 Å². The largest absolute Gasteiger partial charge is 0.467 e. The molecule has 1 saturated carbocycles. The summed E-state index contributed by atoms with van der Waals surface area (Å²) >= 11 is 0. The van der Waals surface area contributed by atoms with Crippen LogP contribution in [0.1, 0.15) is 54.0 Å². The van der Waals surface area contributed by atoms with Crippen molar-refractivity contribution in [2.45, 2.75) is 51.7 Å². The van der Waals surface area contributed by atoms with E-state index in [9.17, 15) is 0 Å². The number of ether oxygens (including phenoxy) is 1. The minimum atomic E-state index is -0.177. The molecule has 2 aromatic heterocycles. The van der Waals surface area contributed by atoms with Crippen molar-refractivity contribution in [3.8, 4) is 17.1 Å². The zero-order valence-electron chi connectivity index (χ0n) is 19.4. The van der Waals surface area contributed by atoms with Crippen LogP contribution in [-0.4, -0.2) is 33.4 Å². The molecule has 1 fully saturated rings. The number of likely N-dealkylation sites (N-methyl/N-ethyl adjacent to an activating group) is 1. The molecule has 2 aliphatic rings. The van der Waals surface area contributed by atoms with Crippen molar-refractivity contribution in [2.75, 3.05) is 25.1 Å². The smallest absolute Gasteiger partial charge is 0.258 e. The van der Waals surface area contributed by atoms with Gasteiger partial charge in [-0.2, -0.15) is 0 Å². The Morgan fingerprint density at radius 1 is 1.12 bits per heavy atom. The van der Waals surface area contributed by atoms with E-state index < -0.39 is 0 Å². The first kappa shape index (κ1) is 21.6. The summed E-state index contributed by atoms with van der Waals surface area (Å²) in [5.74, 6) is 1.56. The molecular weight excluding hydrogens is 412 g/mol. The molecule has 33 heavy (non-hydrogen) atoms. The predicted molar refractivity (Wildman–Crippen MR) is 131 cm³/mol. The van der Waals surface area contributed by atoms with E-state index in [2.05, 4.69) is 41.0 Å². The van der Waals surface area contributed by atoms with Crippen LogP contribution < -0.4 is 16.2 Å². The third-order valence-corrected chi connectivity index (χ3v) is 7.01. The zero-order valence-corrected chi connectivity index (χ0v) is 19.4. The van der Waals surface area contributed by atoms with Crippen LogP contribution in [0.4, 0.5) is 11.6 Å². The van der Waals surface area contributed by atoms with Gasteiger partial charge in [-0.15, -0.1) is 0 Å². The molecule has 0 spiro atoms. The van der Waals surface area contributed by atoms with Crippen LogP contribution in [0, 0.1) is 12.8 Å². The highest BCUT2D eigenvalue weighted by molar-refractivity contribution is 5.64. The highest BCUT2D eigenvalue weighted by Crippen LogP contribution is 2.40. The number of anilines is 2. The summed E-state index contributed by atoms with van der Waals surface area (Å²) in [6.45, 7) is 4.22. The van der Waals surface area contributed by atoms with E-state index in [1.54, 1.807) is 12.4 Å². The standard InChI is InChI=1S/C26H32N6O/c1-16-11-19(12-20-15-32(2)10-8-21(16)20)22-14-30-25(28)26(31-22)33-24(17-5-3-4-6-17)18-7-9-29-23(27)13-18/h7,9,11-14,17,24H,3-6,8,10,15H2,1-2H3,(H2,27,29)(H2,28,30). The van der Waals surface area contributed by atoms with Gasteiger partial charge in [-0.05, 0) is 79.8 Å². The Hall–Kier alpha value is -3.19. The summed E-state index contributed by atoms with van der Waals surface area (Å²) in [6.07, 6.45) is 9.00. The molecule has 3 heterocycles. The third kappa shape index (κ3) is 4.50. The molecule has 0 bridgehead atoms. The maximum absolute atomic E-state index is 6.50. The second-order valence-corrected chi connectivity index (χ2v) is 9.46. The molecule has 4 N–H and O–H groups in total. The van der Waals surface area contributed by atoms with Gasteiger partial charge in [0.2, 0.25) is 0 Å². The lowest BCUT2D eigenvalue weighted by atomic mass is 9.92. The molecule has 7 nitrogen and oxygen atoms in total. The van der Waals surface area contributed by atoms with Crippen LogP contribution in [0.5, 0.6) is 5.88 Å². The van der Waals surface area contributed by atoms with Gasteiger partial charge in [-0.25, -0.2) is 15.0 Å². The fourth-order valence-corrected chi connectivity index (χ4v) is 5.28. The second kappa shape index (κ2) is 8.98. The van der Waals surface area contributed by atoms with Gasteiger partial charge in [0.1, 0.15) is 11.9 Å². The van der Waals surface area contributed by atoms with E-state index in [4.69, 9.17) is 21.2 Å². The SMILES string of the molecule is Cc1cc(-c2cnc(N)c(OC(c3ccnc(N)c3)C3CCCC3)n2)cc2c1CCN(C)C2.